The first-order valence-electron chi connectivity index (χ1n) is 10.5. The van der Waals surface area contributed by atoms with Crippen LogP contribution in [0.2, 0.25) is 0 Å². The highest BCUT2D eigenvalue weighted by Crippen LogP contribution is 2.26. The van der Waals surface area contributed by atoms with Crippen LogP contribution in [0.3, 0.4) is 0 Å². The van der Waals surface area contributed by atoms with Crippen LogP contribution in [-0.2, 0) is 6.42 Å². The lowest BCUT2D eigenvalue weighted by molar-refractivity contribution is 0.0999. The molecule has 0 atom stereocenters. The van der Waals surface area contributed by atoms with Crippen LogP contribution in [0.15, 0.2) is 22.7 Å². The van der Waals surface area contributed by atoms with Crippen molar-refractivity contribution in [3.8, 4) is 5.75 Å². The molecule has 0 saturated carbocycles. The van der Waals surface area contributed by atoms with Crippen molar-refractivity contribution in [3.05, 3.63) is 35.2 Å². The first kappa shape index (κ1) is 21.1. The van der Waals surface area contributed by atoms with Gasteiger partial charge in [-0.05, 0) is 68.2 Å². The Morgan fingerprint density at radius 2 is 2.10 bits per heavy atom. The van der Waals surface area contributed by atoms with Crippen molar-refractivity contribution in [2.45, 2.75) is 52.9 Å². The summed E-state index contributed by atoms with van der Waals surface area (Å²) in [6.07, 6.45) is 5.28. The third kappa shape index (κ3) is 5.95. The largest absolute Gasteiger partial charge is 0.494 e. The lowest BCUT2D eigenvalue weighted by Gasteiger charge is -2.30. The molecule has 0 bridgehead atoms. The Hall–Kier alpha value is -2.57. The van der Waals surface area contributed by atoms with Gasteiger partial charge < -0.3 is 19.9 Å². The smallest absolute Gasteiger partial charge is 0.324 e. The summed E-state index contributed by atoms with van der Waals surface area (Å²) in [5, 5.41) is 4.09. The molecule has 1 amide bonds. The first-order chi connectivity index (χ1) is 13.9. The van der Waals surface area contributed by atoms with E-state index in [-0.39, 0.29) is 0 Å². The molecule has 158 valence electrons. The van der Waals surface area contributed by atoms with Crippen molar-refractivity contribution < 1.29 is 14.1 Å². The summed E-state index contributed by atoms with van der Waals surface area (Å²) in [5.41, 5.74) is 6.73. The number of aromatic nitrogens is 2. The van der Waals surface area contributed by atoms with Gasteiger partial charge in [-0.3, -0.25) is 4.79 Å². The third-order valence-electron chi connectivity index (χ3n) is 5.42. The minimum Gasteiger partial charge on any atom is -0.494 e. The Morgan fingerprint density at radius 1 is 1.34 bits per heavy atom. The van der Waals surface area contributed by atoms with Gasteiger partial charge in [-0.1, -0.05) is 19.0 Å². The molecule has 2 aromatic rings. The molecule has 7 nitrogen and oxygen atoms in total. The molecule has 3 rings (SSSR count). The van der Waals surface area contributed by atoms with Crippen LogP contribution in [0.4, 0.5) is 6.01 Å². The molecule has 2 N–H and O–H groups in total. The van der Waals surface area contributed by atoms with E-state index in [1.165, 1.54) is 0 Å². The molecule has 0 unspecified atom stereocenters. The van der Waals surface area contributed by atoms with Gasteiger partial charge in [-0.15, -0.1) is 0 Å². The van der Waals surface area contributed by atoms with Gasteiger partial charge in [0, 0.05) is 25.1 Å². The molecule has 1 aliphatic heterocycles. The van der Waals surface area contributed by atoms with Crippen LogP contribution < -0.4 is 15.4 Å². The van der Waals surface area contributed by atoms with Crippen LogP contribution in [0.5, 0.6) is 5.75 Å². The van der Waals surface area contributed by atoms with Crippen molar-refractivity contribution in [3.63, 3.8) is 0 Å². The van der Waals surface area contributed by atoms with Gasteiger partial charge in [0.05, 0.1) is 6.61 Å². The zero-order valence-electron chi connectivity index (χ0n) is 17.7. The number of ether oxygens (including phenoxy) is 1. The SMILES string of the molecule is Cc1cc(OCCCC2CCN(c3nc(CC(C)C)no3)CC2)ccc1C(N)=O. The highest BCUT2D eigenvalue weighted by atomic mass is 16.5. The predicted molar refractivity (Wildman–Crippen MR) is 112 cm³/mol. The number of anilines is 1. The van der Waals surface area contributed by atoms with E-state index in [2.05, 4.69) is 28.9 Å². The molecule has 1 aromatic carbocycles. The molecule has 0 aliphatic carbocycles. The maximum atomic E-state index is 11.3. The minimum absolute atomic E-state index is 0.405. The molecule has 0 spiro atoms. The quantitative estimate of drug-likeness (QED) is 0.644. The Bertz CT molecular complexity index is 810. The summed E-state index contributed by atoms with van der Waals surface area (Å²) >= 11 is 0. The van der Waals surface area contributed by atoms with E-state index in [1.54, 1.807) is 6.07 Å². The van der Waals surface area contributed by atoms with Gasteiger partial charge >= 0.3 is 6.01 Å². The Labute approximate surface area is 172 Å². The van der Waals surface area contributed by atoms with E-state index in [9.17, 15) is 4.79 Å². The number of primary amides is 1. The predicted octanol–water partition coefficient (Wildman–Crippen LogP) is 3.75. The fourth-order valence-corrected chi connectivity index (χ4v) is 3.80. The fourth-order valence-electron chi connectivity index (χ4n) is 3.80. The second-order valence-electron chi connectivity index (χ2n) is 8.35. The topological polar surface area (TPSA) is 94.5 Å². The summed E-state index contributed by atoms with van der Waals surface area (Å²) in [5.74, 6) is 2.41. The average Bonchev–Trinajstić information content (AvgIpc) is 3.13. The third-order valence-corrected chi connectivity index (χ3v) is 5.42. The van der Waals surface area contributed by atoms with Crippen LogP contribution in [0.1, 0.15) is 61.3 Å². The molecular weight excluding hydrogens is 368 g/mol. The number of rotatable bonds is 9. The molecule has 1 fully saturated rings. The standard InChI is InChI=1S/C22H32N4O3/c1-15(2)13-20-24-22(29-25-20)26-10-8-17(9-11-26)5-4-12-28-18-6-7-19(21(23)27)16(3)14-18/h6-7,14-15,17H,4-5,8-13H2,1-3H3,(H2,23,27). The molecular formula is C22H32N4O3. The summed E-state index contributed by atoms with van der Waals surface area (Å²) in [7, 11) is 0. The Kier molecular flexibility index (Phi) is 7.12. The molecule has 2 heterocycles. The van der Waals surface area contributed by atoms with E-state index in [0.717, 1.165) is 62.3 Å². The Balaban J connectivity index is 1.36. The van der Waals surface area contributed by atoms with E-state index >= 15 is 0 Å². The van der Waals surface area contributed by atoms with Gasteiger partial charge in [0.1, 0.15) is 5.75 Å². The number of nitrogens with two attached hydrogens (primary N) is 1. The zero-order chi connectivity index (χ0) is 20.8. The maximum Gasteiger partial charge on any atom is 0.324 e. The van der Waals surface area contributed by atoms with Crippen molar-refractivity contribution in [1.29, 1.82) is 0 Å². The van der Waals surface area contributed by atoms with E-state index in [4.69, 9.17) is 15.0 Å². The number of amides is 1. The monoisotopic (exact) mass is 400 g/mol. The minimum atomic E-state index is -0.405. The number of carbonyl (C=O) groups is 1. The van der Waals surface area contributed by atoms with Crippen LogP contribution >= 0.6 is 0 Å². The molecule has 7 heteroatoms. The van der Waals surface area contributed by atoms with Gasteiger partial charge in [0.25, 0.3) is 0 Å². The molecule has 1 aliphatic rings. The highest BCUT2D eigenvalue weighted by molar-refractivity contribution is 5.94. The van der Waals surface area contributed by atoms with E-state index in [1.807, 2.05) is 19.1 Å². The lowest BCUT2D eigenvalue weighted by atomic mass is 9.92. The first-order valence-corrected chi connectivity index (χ1v) is 10.5. The second-order valence-corrected chi connectivity index (χ2v) is 8.35. The summed E-state index contributed by atoms with van der Waals surface area (Å²) in [4.78, 5) is 18.0. The van der Waals surface area contributed by atoms with Gasteiger partial charge in [-0.25, -0.2) is 0 Å². The van der Waals surface area contributed by atoms with Gasteiger partial charge in [0.15, 0.2) is 5.82 Å². The molecule has 1 saturated heterocycles. The summed E-state index contributed by atoms with van der Waals surface area (Å²) < 4.78 is 11.3. The fraction of sp³-hybridized carbons (Fsp3) is 0.591. The average molecular weight is 401 g/mol. The number of hydrogen-bond acceptors (Lipinski definition) is 6. The molecule has 1 aromatic heterocycles. The van der Waals surface area contributed by atoms with Crippen LogP contribution in [0.25, 0.3) is 0 Å². The summed E-state index contributed by atoms with van der Waals surface area (Å²) in [6, 6.07) is 6.07. The Morgan fingerprint density at radius 3 is 2.76 bits per heavy atom. The number of aryl methyl sites for hydroxylation is 1. The van der Waals surface area contributed by atoms with Crippen LogP contribution in [0, 0.1) is 18.8 Å². The van der Waals surface area contributed by atoms with Crippen molar-refractivity contribution in [2.75, 3.05) is 24.6 Å². The van der Waals surface area contributed by atoms with Crippen molar-refractivity contribution in [1.82, 2.24) is 10.1 Å². The van der Waals surface area contributed by atoms with Gasteiger partial charge in [-0.2, -0.15) is 4.98 Å². The number of piperidine rings is 1. The molecule has 0 radical (unpaired) electrons. The maximum absolute atomic E-state index is 11.3. The number of hydrogen-bond donors (Lipinski definition) is 1. The second kappa shape index (κ2) is 9.76. The molecule has 29 heavy (non-hydrogen) atoms. The lowest BCUT2D eigenvalue weighted by Crippen LogP contribution is -2.34. The van der Waals surface area contributed by atoms with E-state index < -0.39 is 5.91 Å². The van der Waals surface area contributed by atoms with Crippen LogP contribution in [-0.4, -0.2) is 35.7 Å². The van der Waals surface area contributed by atoms with E-state index in [0.29, 0.717) is 30.0 Å². The normalized spacial score (nSPS) is 15.1. The summed E-state index contributed by atoms with van der Waals surface area (Å²) in [6.45, 7) is 8.78. The van der Waals surface area contributed by atoms with Crippen molar-refractivity contribution in [2.24, 2.45) is 17.6 Å². The number of benzene rings is 1. The zero-order valence-corrected chi connectivity index (χ0v) is 17.7. The number of nitrogens with zero attached hydrogens (tertiary/aromatic N) is 3. The number of carbonyl (C=O) groups excluding carboxylic acids is 1. The van der Waals surface area contributed by atoms with Gasteiger partial charge in [0.2, 0.25) is 5.91 Å². The van der Waals surface area contributed by atoms with Crippen molar-refractivity contribution >= 4 is 11.9 Å². The highest BCUT2D eigenvalue weighted by Gasteiger charge is 2.23.